The van der Waals surface area contributed by atoms with Crippen molar-refractivity contribution in [3.63, 3.8) is 0 Å². The minimum atomic E-state index is -0.799. The maximum atomic E-state index is 12.5. The lowest BCUT2D eigenvalue weighted by atomic mass is 10.1. The van der Waals surface area contributed by atoms with Crippen LogP contribution < -0.4 is 16.4 Å². The number of aromatic nitrogens is 3. The average Bonchev–Trinajstić information content (AvgIpc) is 3.56. The number of nitrogens with zero attached hydrogens (tertiary/aromatic N) is 5. The molecule has 9 heteroatoms. The minimum Gasteiger partial charge on any atom is -0.404 e. The maximum absolute atomic E-state index is 12.5. The Bertz CT molecular complexity index is 1100. The molecule has 4 N–H and O–H groups in total. The summed E-state index contributed by atoms with van der Waals surface area (Å²) < 4.78 is 14.4. The molecular weight excluding hydrogens is 410 g/mol. The van der Waals surface area contributed by atoms with Gasteiger partial charge in [0.15, 0.2) is 5.82 Å². The molecule has 1 atom stereocenters. The second-order valence-electron chi connectivity index (χ2n) is 8.50. The Labute approximate surface area is 185 Å². The van der Waals surface area contributed by atoms with Crippen molar-refractivity contribution in [3.05, 3.63) is 41.5 Å². The summed E-state index contributed by atoms with van der Waals surface area (Å²) in [6.07, 6.45) is 8.43. The molecule has 0 bridgehead atoms. The Balaban J connectivity index is 1.71. The molecule has 8 nitrogen and oxygen atoms in total. The van der Waals surface area contributed by atoms with Gasteiger partial charge in [-0.2, -0.15) is 10.4 Å². The third-order valence-electron chi connectivity index (χ3n) is 6.03. The van der Waals surface area contributed by atoms with Gasteiger partial charge in [-0.25, -0.2) is 9.50 Å². The van der Waals surface area contributed by atoms with E-state index in [2.05, 4.69) is 21.0 Å². The molecule has 0 amide bonds. The van der Waals surface area contributed by atoms with Crippen LogP contribution in [0, 0.1) is 11.3 Å². The van der Waals surface area contributed by atoms with Crippen LogP contribution in [0.5, 0.6) is 0 Å². The highest BCUT2D eigenvalue weighted by Crippen LogP contribution is 2.45. The fourth-order valence-electron chi connectivity index (χ4n) is 4.24. The first kappa shape index (κ1) is 21.4. The van der Waals surface area contributed by atoms with Gasteiger partial charge in [-0.05, 0) is 49.3 Å². The van der Waals surface area contributed by atoms with Crippen molar-refractivity contribution in [2.75, 3.05) is 18.0 Å². The number of anilines is 1. The standard InChI is InChI=1S/C22H29N7OS/c1-14(2)31(30)17-5-7-28(8-6-17)22-21-18(16-3-4-16)10-20(29(21)27-13-26-22)19(25)9-15(11-23)12-24/h9-11,13-14,16-17H,3-8,23,25H2,1-2H3/b15-11+,19-9-. The van der Waals surface area contributed by atoms with Crippen molar-refractivity contribution in [1.29, 1.82) is 5.26 Å². The number of fused-ring (bicyclic) bond motifs is 1. The molecular formula is C22H29N7OS. The van der Waals surface area contributed by atoms with Crippen LogP contribution in [-0.4, -0.2) is 42.4 Å². The molecule has 1 unspecified atom stereocenters. The summed E-state index contributed by atoms with van der Waals surface area (Å²) in [5.41, 5.74) is 15.5. The van der Waals surface area contributed by atoms with E-state index in [1.807, 2.05) is 24.4 Å². The van der Waals surface area contributed by atoms with Gasteiger partial charge in [-0.15, -0.1) is 0 Å². The van der Waals surface area contributed by atoms with Gasteiger partial charge in [0.25, 0.3) is 0 Å². The number of piperidine rings is 1. The second kappa shape index (κ2) is 8.71. The lowest BCUT2D eigenvalue weighted by Crippen LogP contribution is -2.39. The first-order valence-electron chi connectivity index (χ1n) is 10.7. The molecule has 3 heterocycles. The molecule has 1 aliphatic carbocycles. The summed E-state index contributed by atoms with van der Waals surface area (Å²) in [6.45, 7) is 5.69. The summed E-state index contributed by atoms with van der Waals surface area (Å²) in [5.74, 6) is 1.38. The van der Waals surface area contributed by atoms with Crippen LogP contribution in [0.25, 0.3) is 11.2 Å². The Morgan fingerprint density at radius 2 is 2.03 bits per heavy atom. The molecule has 2 aromatic rings. The zero-order valence-electron chi connectivity index (χ0n) is 18.0. The molecule has 2 aliphatic rings. The van der Waals surface area contributed by atoms with Crippen molar-refractivity contribution < 1.29 is 4.21 Å². The fraction of sp³-hybridized carbons (Fsp3) is 0.500. The summed E-state index contributed by atoms with van der Waals surface area (Å²) in [4.78, 5) is 6.93. The van der Waals surface area contributed by atoms with Crippen LogP contribution in [-0.2, 0) is 10.8 Å². The van der Waals surface area contributed by atoms with E-state index in [4.69, 9.17) is 11.5 Å². The first-order valence-corrected chi connectivity index (χ1v) is 12.0. The van der Waals surface area contributed by atoms with Gasteiger partial charge in [0.05, 0.1) is 17.0 Å². The highest BCUT2D eigenvalue weighted by molar-refractivity contribution is 7.86. The van der Waals surface area contributed by atoms with Gasteiger partial charge in [0.2, 0.25) is 0 Å². The van der Waals surface area contributed by atoms with Crippen molar-refractivity contribution in [3.8, 4) is 6.07 Å². The van der Waals surface area contributed by atoms with E-state index in [1.54, 1.807) is 12.4 Å². The summed E-state index contributed by atoms with van der Waals surface area (Å²) >= 11 is 0. The molecule has 1 aliphatic heterocycles. The third kappa shape index (κ3) is 4.17. The van der Waals surface area contributed by atoms with Gasteiger partial charge in [-0.1, -0.05) is 13.8 Å². The summed E-state index contributed by atoms with van der Waals surface area (Å²) in [5, 5.41) is 14.1. The van der Waals surface area contributed by atoms with Crippen molar-refractivity contribution in [2.45, 2.75) is 55.9 Å². The van der Waals surface area contributed by atoms with Crippen molar-refractivity contribution in [1.82, 2.24) is 14.6 Å². The summed E-state index contributed by atoms with van der Waals surface area (Å²) in [7, 11) is -0.799. The lowest BCUT2D eigenvalue weighted by molar-refractivity contribution is 0.563. The van der Waals surface area contributed by atoms with Crippen LogP contribution in [0.4, 0.5) is 5.82 Å². The van der Waals surface area contributed by atoms with E-state index in [0.717, 1.165) is 55.8 Å². The Morgan fingerprint density at radius 1 is 1.32 bits per heavy atom. The van der Waals surface area contributed by atoms with E-state index in [1.165, 1.54) is 11.8 Å². The van der Waals surface area contributed by atoms with Crippen LogP contribution >= 0.6 is 0 Å². The normalized spacial score (nSPS) is 19.7. The molecule has 0 aromatic carbocycles. The molecule has 0 spiro atoms. The molecule has 1 saturated carbocycles. The second-order valence-corrected chi connectivity index (χ2v) is 10.8. The average molecular weight is 440 g/mol. The van der Waals surface area contributed by atoms with E-state index >= 15 is 0 Å². The smallest absolute Gasteiger partial charge is 0.156 e. The Kier molecular flexibility index (Phi) is 6.01. The topological polar surface area (TPSA) is 126 Å². The fourth-order valence-corrected chi connectivity index (χ4v) is 5.69. The number of allylic oxidation sites excluding steroid dienone is 2. The number of nitrogens with two attached hydrogens (primary N) is 2. The van der Waals surface area contributed by atoms with Crippen LogP contribution in [0.3, 0.4) is 0 Å². The quantitative estimate of drug-likeness (QED) is 0.523. The highest BCUT2D eigenvalue weighted by Gasteiger charge is 2.32. The lowest BCUT2D eigenvalue weighted by Gasteiger charge is -2.33. The van der Waals surface area contributed by atoms with E-state index in [9.17, 15) is 9.47 Å². The zero-order chi connectivity index (χ0) is 22.1. The molecule has 4 rings (SSSR count). The predicted octanol–water partition coefficient (Wildman–Crippen LogP) is 2.40. The number of hydrogen-bond donors (Lipinski definition) is 2. The molecule has 164 valence electrons. The van der Waals surface area contributed by atoms with Gasteiger partial charge in [0.1, 0.15) is 17.9 Å². The van der Waals surface area contributed by atoms with Gasteiger partial charge >= 0.3 is 0 Å². The SMILES string of the molecule is CC(C)S(=O)C1CCN(c2ncnn3c(/C(N)=C/C(C#N)=C\N)cc(C4CC4)c23)CC1. The number of rotatable bonds is 6. The zero-order valence-corrected chi connectivity index (χ0v) is 18.8. The van der Waals surface area contributed by atoms with E-state index < -0.39 is 10.8 Å². The molecule has 31 heavy (non-hydrogen) atoms. The van der Waals surface area contributed by atoms with Crippen molar-refractivity contribution >= 4 is 27.8 Å². The van der Waals surface area contributed by atoms with Gasteiger partial charge < -0.3 is 16.4 Å². The van der Waals surface area contributed by atoms with Gasteiger partial charge in [0, 0.05) is 40.6 Å². The minimum absolute atomic E-state index is 0.188. The Hall–Kier alpha value is -2.86. The first-order chi connectivity index (χ1) is 14.9. The maximum Gasteiger partial charge on any atom is 0.156 e. The van der Waals surface area contributed by atoms with Crippen molar-refractivity contribution in [2.24, 2.45) is 11.5 Å². The number of nitriles is 1. The monoisotopic (exact) mass is 439 g/mol. The van der Waals surface area contributed by atoms with Crippen LogP contribution in [0.2, 0.25) is 0 Å². The van der Waals surface area contributed by atoms with Crippen LogP contribution in [0.1, 0.15) is 56.7 Å². The predicted molar refractivity (Wildman–Crippen MR) is 124 cm³/mol. The van der Waals surface area contributed by atoms with E-state index in [0.29, 0.717) is 17.2 Å². The Morgan fingerprint density at radius 3 is 2.61 bits per heavy atom. The number of hydrogen-bond acceptors (Lipinski definition) is 7. The largest absolute Gasteiger partial charge is 0.404 e. The van der Waals surface area contributed by atoms with E-state index in [-0.39, 0.29) is 10.5 Å². The molecule has 0 radical (unpaired) electrons. The van der Waals surface area contributed by atoms with Gasteiger partial charge in [-0.3, -0.25) is 4.21 Å². The summed E-state index contributed by atoms with van der Waals surface area (Å²) in [6, 6.07) is 4.10. The third-order valence-corrected chi connectivity index (χ3v) is 8.09. The highest BCUT2D eigenvalue weighted by atomic mass is 32.2. The molecule has 2 aromatic heterocycles. The molecule has 1 saturated heterocycles. The van der Waals surface area contributed by atoms with Crippen LogP contribution in [0.15, 0.2) is 30.2 Å². The molecule has 2 fully saturated rings.